The van der Waals surface area contributed by atoms with Crippen LogP contribution in [0.15, 0.2) is 36.9 Å². The normalized spacial score (nSPS) is 12.5. The molecule has 0 radical (unpaired) electrons. The SMILES string of the molecule is C=CCNC(=O)C(CC)N(c1ccc(F)cc1)S(C)(=O)=O. The summed E-state index contributed by atoms with van der Waals surface area (Å²) in [5.74, 6) is -0.900. The molecule has 0 aliphatic heterocycles. The van der Waals surface area contributed by atoms with E-state index < -0.39 is 27.8 Å². The molecular formula is C14H19FN2O3S. The molecule has 1 rings (SSSR count). The highest BCUT2D eigenvalue weighted by Gasteiger charge is 2.31. The van der Waals surface area contributed by atoms with Crippen LogP contribution in [0.2, 0.25) is 0 Å². The molecule has 21 heavy (non-hydrogen) atoms. The number of carbonyl (C=O) groups is 1. The first-order chi connectivity index (χ1) is 9.81. The monoisotopic (exact) mass is 314 g/mol. The minimum Gasteiger partial charge on any atom is -0.351 e. The number of amides is 1. The number of hydrogen-bond acceptors (Lipinski definition) is 3. The van der Waals surface area contributed by atoms with Crippen molar-refractivity contribution in [2.45, 2.75) is 19.4 Å². The minimum absolute atomic E-state index is 0.246. The summed E-state index contributed by atoms with van der Waals surface area (Å²) in [4.78, 5) is 12.1. The molecule has 0 aliphatic rings. The van der Waals surface area contributed by atoms with E-state index in [-0.39, 0.29) is 18.7 Å². The quantitative estimate of drug-likeness (QED) is 0.779. The van der Waals surface area contributed by atoms with Crippen LogP contribution < -0.4 is 9.62 Å². The minimum atomic E-state index is -3.69. The van der Waals surface area contributed by atoms with E-state index >= 15 is 0 Å². The third kappa shape index (κ3) is 4.56. The van der Waals surface area contributed by atoms with Gasteiger partial charge in [0.1, 0.15) is 11.9 Å². The van der Waals surface area contributed by atoms with E-state index in [9.17, 15) is 17.6 Å². The predicted octanol–water partition coefficient (Wildman–Crippen LogP) is 1.67. The zero-order chi connectivity index (χ0) is 16.0. The van der Waals surface area contributed by atoms with Crippen LogP contribution in [0.5, 0.6) is 0 Å². The Kier molecular flexibility index (Phi) is 5.90. The summed E-state index contributed by atoms with van der Waals surface area (Å²) in [6.45, 7) is 5.45. The van der Waals surface area contributed by atoms with Gasteiger partial charge < -0.3 is 5.32 Å². The van der Waals surface area contributed by atoms with Crippen molar-refractivity contribution in [2.24, 2.45) is 0 Å². The van der Waals surface area contributed by atoms with Crippen molar-refractivity contribution in [3.05, 3.63) is 42.7 Å². The maximum atomic E-state index is 13.0. The lowest BCUT2D eigenvalue weighted by Crippen LogP contribution is -2.49. The Bertz CT molecular complexity index is 599. The number of carbonyl (C=O) groups excluding carboxylic acids is 1. The van der Waals surface area contributed by atoms with Crippen LogP contribution in [0.4, 0.5) is 10.1 Å². The van der Waals surface area contributed by atoms with Crippen molar-refractivity contribution < 1.29 is 17.6 Å². The van der Waals surface area contributed by atoms with E-state index in [4.69, 9.17) is 0 Å². The summed E-state index contributed by atoms with van der Waals surface area (Å²) < 4.78 is 38.1. The Morgan fingerprint density at radius 2 is 2.00 bits per heavy atom. The molecular weight excluding hydrogens is 295 g/mol. The van der Waals surface area contributed by atoms with Crippen molar-refractivity contribution in [2.75, 3.05) is 17.1 Å². The average Bonchev–Trinajstić information content (AvgIpc) is 2.42. The fourth-order valence-corrected chi connectivity index (χ4v) is 3.15. The van der Waals surface area contributed by atoms with E-state index in [0.29, 0.717) is 0 Å². The second-order valence-electron chi connectivity index (χ2n) is 4.49. The van der Waals surface area contributed by atoms with E-state index in [1.165, 1.54) is 18.2 Å². The summed E-state index contributed by atoms with van der Waals surface area (Å²) in [6.07, 6.45) is 2.81. The fourth-order valence-electron chi connectivity index (χ4n) is 1.94. The van der Waals surface area contributed by atoms with Gasteiger partial charge in [0.15, 0.2) is 0 Å². The first-order valence-electron chi connectivity index (χ1n) is 6.44. The Hall–Kier alpha value is -1.89. The molecule has 5 nitrogen and oxygen atoms in total. The van der Waals surface area contributed by atoms with E-state index in [1.54, 1.807) is 6.92 Å². The second kappa shape index (κ2) is 7.21. The molecule has 1 aromatic rings. The van der Waals surface area contributed by atoms with Gasteiger partial charge in [-0.05, 0) is 30.7 Å². The van der Waals surface area contributed by atoms with Crippen LogP contribution in [-0.4, -0.2) is 33.2 Å². The first kappa shape index (κ1) is 17.2. The Morgan fingerprint density at radius 3 is 2.43 bits per heavy atom. The Balaban J connectivity index is 3.20. The number of halogens is 1. The van der Waals surface area contributed by atoms with Gasteiger partial charge in [-0.1, -0.05) is 13.0 Å². The largest absolute Gasteiger partial charge is 0.351 e. The number of anilines is 1. The van der Waals surface area contributed by atoms with E-state index in [2.05, 4.69) is 11.9 Å². The molecule has 0 aromatic heterocycles. The maximum Gasteiger partial charge on any atom is 0.244 e. The first-order valence-corrected chi connectivity index (χ1v) is 8.29. The standard InChI is InChI=1S/C14H19FN2O3S/c1-4-10-16-14(18)13(5-2)17(21(3,19)20)12-8-6-11(15)7-9-12/h4,6-9,13H,1,5,10H2,2-3H3,(H,16,18). The third-order valence-corrected chi connectivity index (χ3v) is 4.01. The molecule has 0 saturated heterocycles. The van der Waals surface area contributed by atoms with Crippen molar-refractivity contribution in [1.29, 1.82) is 0 Å². The van der Waals surface area contributed by atoms with Crippen LogP contribution in [0, 0.1) is 5.82 Å². The molecule has 1 aromatic carbocycles. The Morgan fingerprint density at radius 1 is 1.43 bits per heavy atom. The number of nitrogens with one attached hydrogen (secondary N) is 1. The van der Waals surface area contributed by atoms with Gasteiger partial charge in [0.25, 0.3) is 0 Å². The van der Waals surface area contributed by atoms with Crippen molar-refractivity contribution in [3.63, 3.8) is 0 Å². The molecule has 0 fully saturated rings. The summed E-state index contributed by atoms with van der Waals surface area (Å²) in [6, 6.07) is 4.08. The van der Waals surface area contributed by atoms with Crippen LogP contribution in [-0.2, 0) is 14.8 Å². The molecule has 1 unspecified atom stereocenters. The number of sulfonamides is 1. The predicted molar refractivity (Wildman–Crippen MR) is 81.0 cm³/mol. The highest BCUT2D eigenvalue weighted by atomic mass is 32.2. The second-order valence-corrected chi connectivity index (χ2v) is 6.35. The topological polar surface area (TPSA) is 66.5 Å². The third-order valence-electron chi connectivity index (χ3n) is 2.83. The molecule has 1 N–H and O–H groups in total. The Labute approximate surface area is 124 Å². The summed E-state index contributed by atoms with van der Waals surface area (Å²) >= 11 is 0. The smallest absolute Gasteiger partial charge is 0.244 e. The maximum absolute atomic E-state index is 13.0. The highest BCUT2D eigenvalue weighted by Crippen LogP contribution is 2.22. The molecule has 0 bridgehead atoms. The fraction of sp³-hybridized carbons (Fsp3) is 0.357. The summed E-state index contributed by atoms with van der Waals surface area (Å²) in [5.41, 5.74) is 0.250. The van der Waals surface area contributed by atoms with Crippen LogP contribution in [0.1, 0.15) is 13.3 Å². The average molecular weight is 314 g/mol. The summed E-state index contributed by atoms with van der Waals surface area (Å²) in [7, 11) is -3.69. The van der Waals surface area contributed by atoms with Crippen LogP contribution >= 0.6 is 0 Å². The molecule has 0 spiro atoms. The van der Waals surface area contributed by atoms with Gasteiger partial charge >= 0.3 is 0 Å². The number of nitrogens with zero attached hydrogens (tertiary/aromatic N) is 1. The molecule has 0 saturated carbocycles. The molecule has 0 aliphatic carbocycles. The number of benzene rings is 1. The lowest BCUT2D eigenvalue weighted by atomic mass is 10.2. The molecule has 1 atom stereocenters. The van der Waals surface area contributed by atoms with Gasteiger partial charge in [0.2, 0.25) is 15.9 Å². The van der Waals surface area contributed by atoms with Gasteiger partial charge in [0.05, 0.1) is 11.9 Å². The number of rotatable bonds is 7. The van der Waals surface area contributed by atoms with Gasteiger partial charge in [-0.2, -0.15) is 0 Å². The van der Waals surface area contributed by atoms with Crippen molar-refractivity contribution >= 4 is 21.6 Å². The van der Waals surface area contributed by atoms with Crippen LogP contribution in [0.25, 0.3) is 0 Å². The molecule has 1 amide bonds. The molecule has 0 heterocycles. The van der Waals surface area contributed by atoms with Crippen LogP contribution in [0.3, 0.4) is 0 Å². The zero-order valence-electron chi connectivity index (χ0n) is 12.0. The van der Waals surface area contributed by atoms with Crippen molar-refractivity contribution in [1.82, 2.24) is 5.32 Å². The van der Waals surface area contributed by atoms with Gasteiger partial charge in [0, 0.05) is 6.54 Å². The van der Waals surface area contributed by atoms with Gasteiger partial charge in [-0.15, -0.1) is 6.58 Å². The molecule has 7 heteroatoms. The highest BCUT2D eigenvalue weighted by molar-refractivity contribution is 7.92. The van der Waals surface area contributed by atoms with Gasteiger partial charge in [-0.25, -0.2) is 12.8 Å². The summed E-state index contributed by atoms with van der Waals surface area (Å²) in [5, 5.41) is 2.58. The lowest BCUT2D eigenvalue weighted by molar-refractivity contribution is -0.122. The zero-order valence-corrected chi connectivity index (χ0v) is 12.9. The van der Waals surface area contributed by atoms with Crippen molar-refractivity contribution in [3.8, 4) is 0 Å². The van der Waals surface area contributed by atoms with E-state index in [1.807, 2.05) is 0 Å². The van der Waals surface area contributed by atoms with Gasteiger partial charge in [-0.3, -0.25) is 9.10 Å². The molecule has 116 valence electrons. The lowest BCUT2D eigenvalue weighted by Gasteiger charge is -2.30. The van der Waals surface area contributed by atoms with E-state index in [0.717, 1.165) is 22.7 Å². The number of hydrogen-bond donors (Lipinski definition) is 1.